The smallest absolute Gasteiger partial charge is 1.00 e. The molecule has 9 aliphatic rings. The van der Waals surface area contributed by atoms with Gasteiger partial charge in [0.05, 0.1) is 54.6 Å². The quantitative estimate of drug-likeness (QED) is 0.117. The number of fused-ring (bicyclic) bond motifs is 20. The Morgan fingerprint density at radius 1 is 0.413 bits per heavy atom. The van der Waals surface area contributed by atoms with Crippen LogP contribution in [0, 0.1) is 47.3 Å². The van der Waals surface area contributed by atoms with Crippen molar-refractivity contribution < 1.29 is 60.4 Å². The molecule has 17 atom stereocenters. The van der Waals surface area contributed by atoms with Gasteiger partial charge in [0.25, 0.3) is 10.1 Å². The van der Waals surface area contributed by atoms with Crippen LogP contribution in [0.2, 0.25) is 0 Å². The normalized spacial score (nSPS) is 53.1. The monoisotopic (exact) mass is 714 g/mol. The summed E-state index contributed by atoms with van der Waals surface area (Å²) in [5.74, 6) is 3.50. The molecule has 0 spiro atoms. The van der Waals surface area contributed by atoms with Crippen molar-refractivity contribution >= 4 is 10.1 Å². The molecule has 46 heavy (non-hydrogen) atoms. The van der Waals surface area contributed by atoms with Crippen LogP contribution in [0.3, 0.4) is 0 Å². The van der Waals surface area contributed by atoms with Crippen molar-refractivity contribution in [2.24, 2.45) is 47.3 Å². The molecule has 260 valence electrons. The minimum atomic E-state index is -4.16. The topological polar surface area (TPSA) is 151 Å². The summed E-state index contributed by atoms with van der Waals surface area (Å²) >= 11 is 0. The molecule has 9 N–H and O–H groups in total. The maximum absolute atomic E-state index is 12.8. The van der Waals surface area contributed by atoms with Gasteiger partial charge in [-0.1, -0.05) is 44.9 Å². The maximum Gasteiger partial charge on any atom is 1.00 e. The Morgan fingerprint density at radius 3 is 0.978 bits per heavy atom. The van der Waals surface area contributed by atoms with Crippen molar-refractivity contribution in [1.82, 2.24) is 42.5 Å². The van der Waals surface area contributed by atoms with Gasteiger partial charge in [-0.25, -0.2) is 0 Å². The van der Waals surface area contributed by atoms with E-state index in [4.69, 9.17) is 0 Å². The van der Waals surface area contributed by atoms with E-state index in [1.54, 1.807) is 0 Å². The van der Waals surface area contributed by atoms with Gasteiger partial charge in [0.2, 0.25) is 0 Å². The molecule has 0 aromatic carbocycles. The molecule has 11 nitrogen and oxygen atoms in total. The van der Waals surface area contributed by atoms with Crippen LogP contribution in [0.5, 0.6) is 0 Å². The van der Waals surface area contributed by atoms with Crippen LogP contribution in [0.4, 0.5) is 0 Å². The zero-order valence-corrected chi connectivity index (χ0v) is 31.2. The fourth-order valence-corrected chi connectivity index (χ4v) is 13.6. The van der Waals surface area contributed by atoms with Gasteiger partial charge in [-0.2, -0.15) is 8.42 Å². The van der Waals surface area contributed by atoms with Gasteiger partial charge in [-0.15, -0.1) is 0 Å². The van der Waals surface area contributed by atoms with Gasteiger partial charge in [0, 0.05) is 22.4 Å². The second-order valence-corrected chi connectivity index (χ2v) is 17.9. The molecule has 14 heteroatoms. The summed E-state index contributed by atoms with van der Waals surface area (Å²) < 4.78 is 36.1. The summed E-state index contributed by atoms with van der Waals surface area (Å²) in [6, 6.07) is 0. The zero-order chi connectivity index (χ0) is 29.6. The summed E-state index contributed by atoms with van der Waals surface area (Å²) in [5.41, 5.74) is 0. The first-order valence-electron chi connectivity index (χ1n) is 18.5. The Labute approximate surface area is 309 Å². The Morgan fingerprint density at radius 2 is 0.674 bits per heavy atom. The largest absolute Gasteiger partial charge is 1.00 e. The third-order valence-electron chi connectivity index (χ3n) is 14.2. The Hall–Kier alpha value is 1.08. The molecule has 9 fully saturated rings. The molecule has 5 saturated heterocycles. The van der Waals surface area contributed by atoms with E-state index in [2.05, 4.69) is 42.5 Å². The summed E-state index contributed by atoms with van der Waals surface area (Å²) in [5, 5.41) is 31.8. The van der Waals surface area contributed by atoms with Crippen molar-refractivity contribution in [1.29, 1.82) is 0 Å². The van der Waals surface area contributed by atoms with E-state index in [-0.39, 0.29) is 96.3 Å². The van der Waals surface area contributed by atoms with E-state index in [0.29, 0.717) is 54.3 Å². The van der Waals surface area contributed by atoms with Gasteiger partial charge >= 0.3 is 29.6 Å². The van der Waals surface area contributed by atoms with Gasteiger partial charge in [0.1, 0.15) is 0 Å². The third kappa shape index (κ3) is 6.28. The van der Waals surface area contributed by atoms with E-state index >= 15 is 0 Å². The number of nitrogens with one attached hydrogen (secondary N) is 8. The van der Waals surface area contributed by atoms with Crippen LogP contribution in [-0.4, -0.2) is 67.5 Å². The molecule has 8 bridgehead atoms. The van der Waals surface area contributed by atoms with E-state index in [1.165, 1.54) is 77.0 Å². The Balaban J connectivity index is 0.00000129. The van der Waals surface area contributed by atoms with E-state index in [9.17, 15) is 13.0 Å². The van der Waals surface area contributed by atoms with E-state index in [0.717, 1.165) is 12.8 Å². The standard InChI is InChI=1S/C32H56N8O3S.Na.Ni.H/c41-44(42,43)23-15-7-14-22-24(23)32-39-30-21-13-6-5-12-20(21)28(37-30)35-26-17-9-2-1-8-16(17)25(33-26)34-27-18-10-3-4-11-19(18)29(36-27)38-31(22)40-32;;;/h16-40H,1-15H2,(H,41,42,43);;;/q;+1;;-1. The molecule has 0 aromatic rings. The molecule has 0 radical (unpaired) electrons. The second-order valence-electron chi connectivity index (χ2n) is 16.2. The fraction of sp³-hybridized carbons (Fsp3) is 1.00. The van der Waals surface area contributed by atoms with Crippen molar-refractivity contribution in [3.05, 3.63) is 0 Å². The molecule has 9 rings (SSSR count). The predicted octanol–water partition coefficient (Wildman–Crippen LogP) is -1.41. The molecule has 5 aliphatic heterocycles. The first-order valence-corrected chi connectivity index (χ1v) is 20.0. The van der Waals surface area contributed by atoms with Crippen LogP contribution in [-0.2, 0) is 26.6 Å². The van der Waals surface area contributed by atoms with Crippen LogP contribution < -0.4 is 72.1 Å². The SMILES string of the molecule is O=S(=O)(O)C1CCCC2C3NC4NC(NC5NC(NC6NC(NC(N3)C21)C1CCCCC61)C1CCCCC51)C1CCCCC41.[H-].[Na+].[Ni]. The molecular weight excluding hydrogens is 658 g/mol. The fourth-order valence-electron chi connectivity index (χ4n) is 12.3. The van der Waals surface area contributed by atoms with E-state index in [1.807, 2.05) is 0 Å². The summed E-state index contributed by atoms with van der Waals surface area (Å²) in [7, 11) is -4.16. The zero-order valence-electron chi connectivity index (χ0n) is 28.4. The van der Waals surface area contributed by atoms with Crippen LogP contribution in [0.1, 0.15) is 97.7 Å². The summed E-state index contributed by atoms with van der Waals surface area (Å²) in [6.07, 6.45) is 18.9. The average molecular weight is 716 g/mol. The van der Waals surface area contributed by atoms with Crippen molar-refractivity contribution in [3.63, 3.8) is 0 Å². The minimum Gasteiger partial charge on any atom is -1.00 e. The molecule has 4 aliphatic carbocycles. The van der Waals surface area contributed by atoms with Crippen LogP contribution in [0.15, 0.2) is 0 Å². The van der Waals surface area contributed by atoms with Crippen molar-refractivity contribution in [2.75, 3.05) is 0 Å². The van der Waals surface area contributed by atoms with Gasteiger partial charge in [-0.3, -0.25) is 47.1 Å². The molecule has 0 aromatic heterocycles. The van der Waals surface area contributed by atoms with E-state index < -0.39 is 15.4 Å². The molecule has 17 unspecified atom stereocenters. The second kappa shape index (κ2) is 14.2. The summed E-state index contributed by atoms with van der Waals surface area (Å²) in [4.78, 5) is 0. The predicted molar refractivity (Wildman–Crippen MR) is 169 cm³/mol. The maximum atomic E-state index is 12.8. The molecule has 4 saturated carbocycles. The van der Waals surface area contributed by atoms with Crippen LogP contribution >= 0.6 is 0 Å². The van der Waals surface area contributed by atoms with Gasteiger partial charge in [0.15, 0.2) is 0 Å². The molecule has 5 heterocycles. The minimum absolute atomic E-state index is 0. The number of rotatable bonds is 1. The third-order valence-corrected chi connectivity index (χ3v) is 15.5. The Kier molecular flexibility index (Phi) is 11.0. The van der Waals surface area contributed by atoms with Gasteiger partial charge < -0.3 is 1.43 Å². The van der Waals surface area contributed by atoms with Crippen LogP contribution in [0.25, 0.3) is 0 Å². The van der Waals surface area contributed by atoms with Crippen molar-refractivity contribution in [3.8, 4) is 0 Å². The first-order chi connectivity index (χ1) is 21.4. The molecular formula is C32H57N8NaNiO3S. The number of hydrogen-bond acceptors (Lipinski definition) is 10. The van der Waals surface area contributed by atoms with Crippen molar-refractivity contribution in [2.45, 2.75) is 151 Å². The molecule has 0 amide bonds. The Bertz CT molecular complexity index is 1200. The number of hydrogen-bond donors (Lipinski definition) is 9. The summed E-state index contributed by atoms with van der Waals surface area (Å²) in [6.45, 7) is 0. The van der Waals surface area contributed by atoms with Gasteiger partial charge in [-0.05, 0) is 92.8 Å². The first kappa shape index (κ1) is 35.5. The average Bonchev–Trinajstić information content (AvgIpc) is 3.76.